The van der Waals surface area contributed by atoms with Crippen molar-refractivity contribution in [2.75, 3.05) is 0 Å². The first-order valence-electron chi connectivity index (χ1n) is 6.51. The van der Waals surface area contributed by atoms with Crippen molar-refractivity contribution in [2.24, 2.45) is 0 Å². The van der Waals surface area contributed by atoms with Gasteiger partial charge >= 0.3 is 0 Å². The van der Waals surface area contributed by atoms with Gasteiger partial charge in [0.05, 0.1) is 24.6 Å². The highest BCUT2D eigenvalue weighted by molar-refractivity contribution is 5.93. The van der Waals surface area contributed by atoms with E-state index in [1.165, 1.54) is 18.3 Å². The number of hydrogen-bond acceptors (Lipinski definition) is 5. The molecule has 0 saturated heterocycles. The van der Waals surface area contributed by atoms with Crippen molar-refractivity contribution in [1.82, 2.24) is 30.3 Å². The Balaban J connectivity index is 1.66. The van der Waals surface area contributed by atoms with Gasteiger partial charge in [0.2, 0.25) is 5.56 Å². The van der Waals surface area contributed by atoms with Gasteiger partial charge < -0.3 is 10.3 Å². The fraction of sp³-hybridized carbons (Fsp3) is 0.0714. The molecule has 0 aliphatic rings. The van der Waals surface area contributed by atoms with Gasteiger partial charge in [0.15, 0.2) is 0 Å². The first-order valence-corrected chi connectivity index (χ1v) is 6.51. The summed E-state index contributed by atoms with van der Waals surface area (Å²) in [5, 5.41) is 10.6. The molecule has 0 spiro atoms. The molecule has 0 fully saturated rings. The third-order valence-electron chi connectivity index (χ3n) is 2.92. The first-order chi connectivity index (χ1) is 10.7. The summed E-state index contributed by atoms with van der Waals surface area (Å²) < 4.78 is 1.57. The van der Waals surface area contributed by atoms with Crippen LogP contribution in [0.15, 0.2) is 53.8 Å². The summed E-state index contributed by atoms with van der Waals surface area (Å²) in [5.41, 5.74) is 1.35. The maximum atomic E-state index is 11.9. The number of H-pyrrole nitrogens is 1. The zero-order chi connectivity index (χ0) is 15.4. The average molecular weight is 296 g/mol. The molecule has 0 unspecified atom stereocenters. The number of rotatable bonds is 4. The molecule has 3 heterocycles. The fourth-order valence-electron chi connectivity index (χ4n) is 1.85. The van der Waals surface area contributed by atoms with Gasteiger partial charge in [-0.2, -0.15) is 0 Å². The molecular formula is C14H12N6O2. The minimum absolute atomic E-state index is 0.214. The Bertz CT molecular complexity index is 840. The van der Waals surface area contributed by atoms with E-state index in [-0.39, 0.29) is 18.0 Å². The SMILES string of the molecule is O=C(NCc1cn(-c2cccnc2)nn1)c1cc[nH]c(=O)c1. The van der Waals surface area contributed by atoms with Crippen LogP contribution in [0.5, 0.6) is 0 Å². The van der Waals surface area contributed by atoms with Crippen molar-refractivity contribution >= 4 is 5.91 Å². The minimum atomic E-state index is -0.345. The van der Waals surface area contributed by atoms with E-state index in [4.69, 9.17) is 0 Å². The van der Waals surface area contributed by atoms with Crippen LogP contribution in [0.2, 0.25) is 0 Å². The van der Waals surface area contributed by atoms with E-state index in [9.17, 15) is 9.59 Å². The maximum absolute atomic E-state index is 11.9. The molecule has 0 aliphatic carbocycles. The van der Waals surface area contributed by atoms with Crippen LogP contribution in [0, 0.1) is 0 Å². The van der Waals surface area contributed by atoms with Gasteiger partial charge in [0.1, 0.15) is 5.69 Å². The van der Waals surface area contributed by atoms with Crippen LogP contribution in [-0.4, -0.2) is 30.9 Å². The summed E-state index contributed by atoms with van der Waals surface area (Å²) in [7, 11) is 0. The fourth-order valence-corrected chi connectivity index (χ4v) is 1.85. The van der Waals surface area contributed by atoms with E-state index < -0.39 is 0 Å². The van der Waals surface area contributed by atoms with Crippen molar-refractivity contribution in [1.29, 1.82) is 0 Å². The van der Waals surface area contributed by atoms with Crippen molar-refractivity contribution < 1.29 is 4.79 Å². The molecule has 0 aromatic carbocycles. The Morgan fingerprint density at radius 1 is 1.36 bits per heavy atom. The number of carbonyl (C=O) groups is 1. The summed E-state index contributed by atoms with van der Waals surface area (Å²) in [5.74, 6) is -0.345. The Kier molecular flexibility index (Phi) is 3.73. The Labute approximate surface area is 124 Å². The zero-order valence-corrected chi connectivity index (χ0v) is 11.4. The van der Waals surface area contributed by atoms with E-state index in [1.54, 1.807) is 29.3 Å². The third-order valence-corrected chi connectivity index (χ3v) is 2.92. The summed E-state index contributed by atoms with van der Waals surface area (Å²) in [6, 6.07) is 6.41. The second-order valence-electron chi connectivity index (χ2n) is 4.49. The molecule has 1 amide bonds. The van der Waals surface area contributed by atoms with Crippen LogP contribution in [0.25, 0.3) is 5.69 Å². The number of hydrogen-bond donors (Lipinski definition) is 2. The van der Waals surface area contributed by atoms with Gasteiger partial charge in [0.25, 0.3) is 5.91 Å². The quantitative estimate of drug-likeness (QED) is 0.719. The minimum Gasteiger partial charge on any atom is -0.346 e. The van der Waals surface area contributed by atoms with Crippen molar-refractivity contribution in [3.05, 3.63) is 70.7 Å². The number of nitrogens with zero attached hydrogens (tertiary/aromatic N) is 4. The monoisotopic (exact) mass is 296 g/mol. The Hall–Kier alpha value is -3.29. The predicted octanol–water partition coefficient (Wildman–Crippen LogP) is 0.281. The third kappa shape index (κ3) is 3.06. The number of nitrogens with one attached hydrogen (secondary N) is 2. The molecule has 2 N–H and O–H groups in total. The smallest absolute Gasteiger partial charge is 0.251 e. The van der Waals surface area contributed by atoms with Gasteiger partial charge in [-0.15, -0.1) is 5.10 Å². The van der Waals surface area contributed by atoms with Gasteiger partial charge in [-0.05, 0) is 18.2 Å². The number of amides is 1. The van der Waals surface area contributed by atoms with Gasteiger partial charge in [-0.25, -0.2) is 4.68 Å². The highest BCUT2D eigenvalue weighted by atomic mass is 16.2. The second-order valence-corrected chi connectivity index (χ2v) is 4.49. The lowest BCUT2D eigenvalue weighted by Crippen LogP contribution is -2.24. The summed E-state index contributed by atoms with van der Waals surface area (Å²) in [6.45, 7) is 0.214. The first kappa shape index (κ1) is 13.7. The van der Waals surface area contributed by atoms with Crippen LogP contribution in [0.3, 0.4) is 0 Å². The number of carbonyl (C=O) groups excluding carboxylic acids is 1. The molecule has 3 rings (SSSR count). The van der Waals surface area contributed by atoms with E-state index in [0.29, 0.717) is 11.3 Å². The van der Waals surface area contributed by atoms with E-state index in [1.807, 2.05) is 6.07 Å². The van der Waals surface area contributed by atoms with Crippen molar-refractivity contribution in [3.8, 4) is 5.69 Å². The molecule has 110 valence electrons. The number of pyridine rings is 2. The Morgan fingerprint density at radius 3 is 3.05 bits per heavy atom. The zero-order valence-electron chi connectivity index (χ0n) is 11.4. The number of aromatic amines is 1. The molecule has 3 aromatic heterocycles. The summed E-state index contributed by atoms with van der Waals surface area (Å²) >= 11 is 0. The molecule has 8 nitrogen and oxygen atoms in total. The molecule has 22 heavy (non-hydrogen) atoms. The lowest BCUT2D eigenvalue weighted by atomic mass is 10.2. The van der Waals surface area contributed by atoms with Crippen molar-refractivity contribution in [3.63, 3.8) is 0 Å². The average Bonchev–Trinajstić information content (AvgIpc) is 3.02. The van der Waals surface area contributed by atoms with Crippen LogP contribution in [0.4, 0.5) is 0 Å². The standard InChI is InChI=1S/C14H12N6O2/c21-13-6-10(3-5-16-13)14(22)17-7-11-9-20(19-18-11)12-2-1-4-15-8-12/h1-6,8-9H,7H2,(H,16,21)(H,17,22). The van der Waals surface area contributed by atoms with E-state index >= 15 is 0 Å². The summed E-state index contributed by atoms with van der Waals surface area (Å²) in [6.07, 6.45) is 6.46. The lowest BCUT2D eigenvalue weighted by Gasteiger charge is -2.02. The molecular weight excluding hydrogens is 284 g/mol. The molecule has 0 aliphatic heterocycles. The molecule has 0 atom stereocenters. The van der Waals surface area contributed by atoms with Crippen LogP contribution in [-0.2, 0) is 6.54 Å². The maximum Gasteiger partial charge on any atom is 0.251 e. The van der Waals surface area contributed by atoms with Gasteiger partial charge in [-0.3, -0.25) is 14.6 Å². The van der Waals surface area contributed by atoms with Crippen molar-refractivity contribution in [2.45, 2.75) is 6.54 Å². The molecule has 0 radical (unpaired) electrons. The molecule has 0 saturated carbocycles. The topological polar surface area (TPSA) is 106 Å². The normalized spacial score (nSPS) is 10.4. The van der Waals surface area contributed by atoms with E-state index in [2.05, 4.69) is 25.6 Å². The van der Waals surface area contributed by atoms with Crippen LogP contribution in [0.1, 0.15) is 16.1 Å². The Morgan fingerprint density at radius 2 is 2.27 bits per heavy atom. The second kappa shape index (κ2) is 6.00. The summed E-state index contributed by atoms with van der Waals surface area (Å²) in [4.78, 5) is 29.5. The highest BCUT2D eigenvalue weighted by Crippen LogP contribution is 2.04. The van der Waals surface area contributed by atoms with Gasteiger partial charge in [-0.1, -0.05) is 5.21 Å². The van der Waals surface area contributed by atoms with Crippen LogP contribution < -0.4 is 10.9 Å². The lowest BCUT2D eigenvalue weighted by molar-refractivity contribution is 0.0950. The van der Waals surface area contributed by atoms with E-state index in [0.717, 1.165) is 5.69 Å². The van der Waals surface area contributed by atoms with Crippen LogP contribution >= 0.6 is 0 Å². The highest BCUT2D eigenvalue weighted by Gasteiger charge is 2.08. The largest absolute Gasteiger partial charge is 0.346 e. The predicted molar refractivity (Wildman–Crippen MR) is 77.4 cm³/mol. The molecule has 0 bridgehead atoms. The molecule has 3 aromatic rings. The van der Waals surface area contributed by atoms with Gasteiger partial charge in [0, 0.05) is 24.0 Å². The number of aromatic nitrogens is 5. The molecule has 8 heteroatoms.